The molecule has 0 aliphatic rings. The Balaban J connectivity index is 2.59. The van der Waals surface area contributed by atoms with Crippen molar-refractivity contribution < 1.29 is 43.0 Å². The number of carbonyl (C=O) groups is 7. The lowest BCUT2D eigenvalue weighted by Gasteiger charge is -2.35. The maximum Gasteiger partial charge on any atom is 0.407 e. The van der Waals surface area contributed by atoms with E-state index in [4.69, 9.17) is 9.47 Å². The number of carbonyl (C=O) groups excluding carboxylic acids is 7. The minimum atomic E-state index is -1.12. The van der Waals surface area contributed by atoms with Crippen LogP contribution in [-0.2, 0) is 51.3 Å². The quantitative estimate of drug-likeness (QED) is 0.0750. The SMILES string of the molecule is CC[C@H](C)[C@H](NC(=O)C[C@H](NC(=O)OCc1ccccc1)[C@H](Cc1ccccc1)NC(=O)[C@@H](NC(=O)[C@H](CC(C)C)NC(=O)CC(C)C)C(C)(C)C)C(=O)N[C@H](C(=O)OC)C(C)C. The largest absolute Gasteiger partial charge is 0.467 e. The highest BCUT2D eigenvalue weighted by Crippen LogP contribution is 2.22. The van der Waals surface area contributed by atoms with Gasteiger partial charge in [0, 0.05) is 12.8 Å². The number of esters is 1. The van der Waals surface area contributed by atoms with Gasteiger partial charge in [0.1, 0.15) is 30.8 Å². The highest BCUT2D eigenvalue weighted by Gasteiger charge is 2.39. The van der Waals surface area contributed by atoms with Crippen molar-refractivity contribution in [3.63, 3.8) is 0 Å². The van der Waals surface area contributed by atoms with Crippen LogP contribution < -0.4 is 31.9 Å². The Morgan fingerprint density at radius 1 is 0.603 bits per heavy atom. The van der Waals surface area contributed by atoms with Gasteiger partial charge in [-0.05, 0) is 53.1 Å². The molecule has 63 heavy (non-hydrogen) atoms. The van der Waals surface area contributed by atoms with Crippen molar-refractivity contribution in [1.29, 1.82) is 0 Å². The van der Waals surface area contributed by atoms with E-state index < -0.39 is 83.8 Å². The summed E-state index contributed by atoms with van der Waals surface area (Å²) >= 11 is 0. The van der Waals surface area contributed by atoms with Gasteiger partial charge >= 0.3 is 12.1 Å². The number of methoxy groups -OCH3 is 1. The third-order valence-electron chi connectivity index (χ3n) is 10.6. The fraction of sp³-hybridized carbons (Fsp3) is 0.604. The van der Waals surface area contributed by atoms with Crippen LogP contribution in [0.25, 0.3) is 0 Å². The zero-order valence-corrected chi connectivity index (χ0v) is 39.5. The van der Waals surface area contributed by atoms with Gasteiger partial charge in [-0.3, -0.25) is 24.0 Å². The van der Waals surface area contributed by atoms with Gasteiger partial charge in [0.25, 0.3) is 0 Å². The molecule has 0 saturated heterocycles. The van der Waals surface area contributed by atoms with Crippen molar-refractivity contribution in [2.45, 2.75) is 151 Å². The number of rotatable bonds is 24. The normalized spacial score (nSPS) is 14.8. The molecule has 0 bridgehead atoms. The van der Waals surface area contributed by atoms with Crippen molar-refractivity contribution in [3.05, 3.63) is 71.8 Å². The molecule has 350 valence electrons. The summed E-state index contributed by atoms with van der Waals surface area (Å²) in [5, 5.41) is 17.2. The van der Waals surface area contributed by atoms with Gasteiger partial charge in [-0.15, -0.1) is 0 Å². The number of hydrogen-bond acceptors (Lipinski definition) is 9. The Bertz CT molecular complexity index is 1780. The van der Waals surface area contributed by atoms with Crippen LogP contribution in [0.1, 0.15) is 113 Å². The molecule has 0 aromatic heterocycles. The van der Waals surface area contributed by atoms with Crippen molar-refractivity contribution in [1.82, 2.24) is 31.9 Å². The zero-order chi connectivity index (χ0) is 47.4. The average Bonchev–Trinajstić information content (AvgIpc) is 3.21. The number of amides is 6. The zero-order valence-electron chi connectivity index (χ0n) is 39.5. The summed E-state index contributed by atoms with van der Waals surface area (Å²) in [5.74, 6) is -3.75. The van der Waals surface area contributed by atoms with Crippen molar-refractivity contribution in [3.8, 4) is 0 Å². The molecule has 7 atom stereocenters. The van der Waals surface area contributed by atoms with Crippen LogP contribution in [0, 0.1) is 29.1 Å². The predicted molar refractivity (Wildman–Crippen MR) is 243 cm³/mol. The molecule has 0 spiro atoms. The summed E-state index contributed by atoms with van der Waals surface area (Å²) in [7, 11) is 1.23. The molecule has 0 fully saturated rings. The van der Waals surface area contributed by atoms with Gasteiger partial charge < -0.3 is 41.4 Å². The Morgan fingerprint density at radius 2 is 1.17 bits per heavy atom. The summed E-state index contributed by atoms with van der Waals surface area (Å²) in [4.78, 5) is 95.5. The highest BCUT2D eigenvalue weighted by molar-refractivity contribution is 5.93. The summed E-state index contributed by atoms with van der Waals surface area (Å²) in [6.45, 7) is 20.2. The second-order valence-electron chi connectivity index (χ2n) is 18.7. The fourth-order valence-electron chi connectivity index (χ4n) is 6.88. The standard InChI is InChI=1S/C48H74N6O9/c1-13-32(8)41(44(58)53-40(31(6)7)46(60)62-12)52-39(56)27-36(51-47(61)63-28-34-22-18-15-19-23-34)35(26-33-20-16-14-17-21-33)50-45(59)42(48(9,10)11)54-43(57)37(24-29(2)3)49-38(55)25-30(4)5/h14-23,29-32,35-37,40-42H,13,24-28H2,1-12H3,(H,49,55)(H,50,59)(H,51,61)(H,52,56)(H,53,58)(H,54,57)/t32-,35-,36-,37-,40-,41-,42+/m0/s1. The van der Waals surface area contributed by atoms with E-state index in [1.54, 1.807) is 53.7 Å². The Kier molecular flexibility index (Phi) is 22.3. The highest BCUT2D eigenvalue weighted by atomic mass is 16.5. The minimum Gasteiger partial charge on any atom is -0.467 e. The van der Waals surface area contributed by atoms with Gasteiger partial charge in [0.15, 0.2) is 0 Å². The smallest absolute Gasteiger partial charge is 0.407 e. The van der Waals surface area contributed by atoms with E-state index in [0.29, 0.717) is 12.8 Å². The molecule has 2 aromatic rings. The minimum absolute atomic E-state index is 0.0485. The second kappa shape index (κ2) is 26.2. The molecular weight excluding hydrogens is 805 g/mol. The lowest BCUT2D eigenvalue weighted by atomic mass is 9.85. The molecule has 2 aromatic carbocycles. The Labute approximate surface area is 374 Å². The monoisotopic (exact) mass is 879 g/mol. The molecule has 0 heterocycles. The third kappa shape index (κ3) is 19.2. The van der Waals surface area contributed by atoms with E-state index >= 15 is 0 Å². The molecule has 0 unspecified atom stereocenters. The molecule has 0 saturated carbocycles. The van der Waals surface area contributed by atoms with Crippen molar-refractivity contribution in [2.75, 3.05) is 7.11 Å². The Hall–Kier alpha value is -5.47. The summed E-state index contributed by atoms with van der Waals surface area (Å²) in [6, 6.07) is 12.1. The lowest BCUT2D eigenvalue weighted by Crippen LogP contribution is -2.62. The number of alkyl carbamates (subject to hydrolysis) is 1. The maximum atomic E-state index is 14.6. The third-order valence-corrected chi connectivity index (χ3v) is 10.6. The van der Waals surface area contributed by atoms with E-state index in [9.17, 15) is 33.6 Å². The molecule has 2 rings (SSSR count). The molecule has 0 aliphatic carbocycles. The first-order valence-electron chi connectivity index (χ1n) is 22.1. The van der Waals surface area contributed by atoms with E-state index in [1.165, 1.54) is 7.11 Å². The van der Waals surface area contributed by atoms with Gasteiger partial charge in [-0.25, -0.2) is 9.59 Å². The Morgan fingerprint density at radius 3 is 1.68 bits per heavy atom. The molecule has 6 amide bonds. The van der Waals surface area contributed by atoms with Gasteiger partial charge in [-0.1, -0.05) is 143 Å². The van der Waals surface area contributed by atoms with Gasteiger partial charge in [0.05, 0.1) is 19.2 Å². The first-order chi connectivity index (χ1) is 29.6. The summed E-state index contributed by atoms with van der Waals surface area (Å²) < 4.78 is 10.5. The number of ether oxygens (including phenoxy) is 2. The summed E-state index contributed by atoms with van der Waals surface area (Å²) in [5.41, 5.74) is 0.656. The van der Waals surface area contributed by atoms with Crippen molar-refractivity contribution in [2.24, 2.45) is 29.1 Å². The molecule has 0 aliphatic heterocycles. The van der Waals surface area contributed by atoms with Gasteiger partial charge in [0.2, 0.25) is 29.5 Å². The molecule has 0 radical (unpaired) electrons. The van der Waals surface area contributed by atoms with E-state index in [-0.39, 0.29) is 49.0 Å². The van der Waals surface area contributed by atoms with Crippen LogP contribution >= 0.6 is 0 Å². The van der Waals surface area contributed by atoms with E-state index in [0.717, 1.165) is 11.1 Å². The number of benzene rings is 2. The van der Waals surface area contributed by atoms with Crippen LogP contribution in [0.15, 0.2) is 60.7 Å². The number of hydrogen-bond donors (Lipinski definition) is 6. The van der Waals surface area contributed by atoms with Crippen LogP contribution in [0.5, 0.6) is 0 Å². The van der Waals surface area contributed by atoms with E-state index in [2.05, 4.69) is 31.9 Å². The van der Waals surface area contributed by atoms with E-state index in [1.807, 2.05) is 83.1 Å². The topological polar surface area (TPSA) is 210 Å². The lowest BCUT2D eigenvalue weighted by molar-refractivity contribution is -0.147. The maximum absolute atomic E-state index is 14.6. The van der Waals surface area contributed by atoms with Crippen LogP contribution in [0.2, 0.25) is 0 Å². The van der Waals surface area contributed by atoms with Crippen LogP contribution in [-0.4, -0.2) is 85.0 Å². The molecule has 15 nitrogen and oxygen atoms in total. The first kappa shape index (κ1) is 53.7. The molecule has 6 N–H and O–H groups in total. The molecule has 15 heteroatoms. The fourth-order valence-corrected chi connectivity index (χ4v) is 6.88. The second-order valence-corrected chi connectivity index (χ2v) is 18.7. The number of nitrogens with one attached hydrogen (secondary N) is 6. The molecular formula is C48H74N6O9. The summed E-state index contributed by atoms with van der Waals surface area (Å²) in [6.07, 6.45) is -0.0482. The van der Waals surface area contributed by atoms with Crippen LogP contribution in [0.3, 0.4) is 0 Å². The first-order valence-corrected chi connectivity index (χ1v) is 22.1. The average molecular weight is 879 g/mol. The van der Waals surface area contributed by atoms with Crippen LogP contribution in [0.4, 0.5) is 4.79 Å². The predicted octanol–water partition coefficient (Wildman–Crippen LogP) is 5.35. The van der Waals surface area contributed by atoms with Gasteiger partial charge in [-0.2, -0.15) is 0 Å². The van der Waals surface area contributed by atoms with Crippen molar-refractivity contribution >= 4 is 41.6 Å².